The number of carbonyl (C=O) groups is 1. The van der Waals surface area contributed by atoms with Crippen LogP contribution in [0.15, 0.2) is 29.6 Å². The van der Waals surface area contributed by atoms with Gasteiger partial charge in [-0.3, -0.25) is 4.79 Å². The average Bonchev–Trinajstić information content (AvgIpc) is 3.25. The smallest absolute Gasteiger partial charge is 0.275 e. The van der Waals surface area contributed by atoms with E-state index in [4.69, 9.17) is 9.47 Å². The van der Waals surface area contributed by atoms with Crippen molar-refractivity contribution in [3.63, 3.8) is 0 Å². The lowest BCUT2D eigenvalue weighted by molar-refractivity contribution is -1.02. The van der Waals surface area contributed by atoms with Crippen LogP contribution in [0.1, 0.15) is 29.0 Å². The molecule has 158 valence electrons. The molecule has 2 aromatic rings. The van der Waals surface area contributed by atoms with Gasteiger partial charge >= 0.3 is 0 Å². The van der Waals surface area contributed by atoms with Crippen LogP contribution >= 0.6 is 11.3 Å². The molecule has 0 saturated carbocycles. The summed E-state index contributed by atoms with van der Waals surface area (Å²) in [6.45, 7) is 9.86. The number of hydrogen-bond acceptors (Lipinski definition) is 4. The van der Waals surface area contributed by atoms with Crippen LogP contribution in [0.4, 0.5) is 0 Å². The molecule has 3 N–H and O–H groups in total. The van der Waals surface area contributed by atoms with Gasteiger partial charge in [-0.15, -0.1) is 11.3 Å². The maximum atomic E-state index is 12.4. The van der Waals surface area contributed by atoms with Crippen LogP contribution in [0.2, 0.25) is 0 Å². The zero-order valence-corrected chi connectivity index (χ0v) is 18.7. The summed E-state index contributed by atoms with van der Waals surface area (Å²) in [5.41, 5.74) is 2.52. The van der Waals surface area contributed by atoms with Crippen LogP contribution in [0.3, 0.4) is 0 Å². The van der Waals surface area contributed by atoms with Gasteiger partial charge in [-0.1, -0.05) is 6.07 Å². The molecular formula is C22H33N3O3S+2. The van der Waals surface area contributed by atoms with E-state index in [0.29, 0.717) is 6.54 Å². The van der Waals surface area contributed by atoms with Gasteiger partial charge in [-0.05, 0) is 43.0 Å². The molecule has 1 aliphatic heterocycles. The van der Waals surface area contributed by atoms with Gasteiger partial charge in [0.25, 0.3) is 5.91 Å². The number of nitrogens with one attached hydrogen (secondary N) is 3. The van der Waals surface area contributed by atoms with E-state index in [1.165, 1.54) is 20.9 Å². The lowest BCUT2D eigenvalue weighted by atomic mass is 10.1. The highest BCUT2D eigenvalue weighted by Crippen LogP contribution is 2.29. The van der Waals surface area contributed by atoms with E-state index in [1.807, 2.05) is 24.4 Å². The first kappa shape index (κ1) is 21.6. The minimum atomic E-state index is 0.0850. The molecule has 1 atom stereocenters. The molecule has 7 heteroatoms. The number of piperazine rings is 1. The average molecular weight is 420 g/mol. The summed E-state index contributed by atoms with van der Waals surface area (Å²) in [5, 5.41) is 5.18. The summed E-state index contributed by atoms with van der Waals surface area (Å²) in [6, 6.07) is 8.33. The quantitative estimate of drug-likeness (QED) is 0.574. The van der Waals surface area contributed by atoms with Crippen molar-refractivity contribution in [2.45, 2.75) is 26.4 Å². The van der Waals surface area contributed by atoms with E-state index in [1.54, 1.807) is 30.5 Å². The van der Waals surface area contributed by atoms with Crippen molar-refractivity contribution < 1.29 is 24.1 Å². The Morgan fingerprint density at radius 1 is 1.14 bits per heavy atom. The molecule has 3 rings (SSSR count). The van der Waals surface area contributed by atoms with Crippen LogP contribution < -0.4 is 24.6 Å². The molecule has 6 nitrogen and oxygen atoms in total. The molecule has 1 aromatic heterocycles. The fraction of sp³-hybridized carbons (Fsp3) is 0.500. The molecule has 1 amide bonds. The Hall–Kier alpha value is -2.09. The zero-order valence-electron chi connectivity index (χ0n) is 17.8. The summed E-state index contributed by atoms with van der Waals surface area (Å²) in [4.78, 5) is 16.5. The number of aryl methyl sites for hydroxylation is 1. The summed E-state index contributed by atoms with van der Waals surface area (Å²) in [7, 11) is 3.35. The third-order valence-corrected chi connectivity index (χ3v) is 6.76. The topological polar surface area (TPSA) is 56.4 Å². The lowest BCUT2D eigenvalue weighted by Crippen LogP contribution is -3.28. The molecule has 0 radical (unpaired) electrons. The van der Waals surface area contributed by atoms with Crippen LogP contribution in [0, 0.1) is 6.92 Å². The van der Waals surface area contributed by atoms with E-state index < -0.39 is 0 Å². The first-order valence-electron chi connectivity index (χ1n) is 10.2. The van der Waals surface area contributed by atoms with Crippen molar-refractivity contribution >= 4 is 17.2 Å². The highest BCUT2D eigenvalue weighted by molar-refractivity contribution is 7.10. The Balaban J connectivity index is 1.47. The van der Waals surface area contributed by atoms with Crippen molar-refractivity contribution in [1.29, 1.82) is 0 Å². The molecule has 1 saturated heterocycles. The third kappa shape index (κ3) is 5.72. The van der Waals surface area contributed by atoms with Crippen LogP contribution in [-0.4, -0.2) is 52.9 Å². The van der Waals surface area contributed by atoms with Gasteiger partial charge in [0.1, 0.15) is 32.7 Å². The maximum absolute atomic E-state index is 12.4. The summed E-state index contributed by atoms with van der Waals surface area (Å²) >= 11 is 1.68. The van der Waals surface area contributed by atoms with Gasteiger partial charge < -0.3 is 24.6 Å². The number of hydrogen-bond donors (Lipinski definition) is 3. The molecule has 1 fully saturated rings. The Labute approximate surface area is 177 Å². The fourth-order valence-corrected chi connectivity index (χ4v) is 4.66. The minimum Gasteiger partial charge on any atom is -0.493 e. The Kier molecular flexibility index (Phi) is 7.52. The van der Waals surface area contributed by atoms with E-state index in [0.717, 1.165) is 44.2 Å². The number of carbonyl (C=O) groups excluding carboxylic acids is 1. The second kappa shape index (κ2) is 10.1. The highest BCUT2D eigenvalue weighted by Gasteiger charge is 2.26. The molecule has 1 aliphatic rings. The Morgan fingerprint density at radius 3 is 2.41 bits per heavy atom. The molecule has 0 aliphatic carbocycles. The van der Waals surface area contributed by atoms with Gasteiger partial charge in [-0.2, -0.15) is 0 Å². The summed E-state index contributed by atoms with van der Waals surface area (Å²) < 4.78 is 10.8. The van der Waals surface area contributed by atoms with Crippen LogP contribution in [0.25, 0.3) is 0 Å². The molecule has 0 unspecified atom stereocenters. The molecule has 2 heterocycles. The Morgan fingerprint density at radius 2 is 1.79 bits per heavy atom. The third-order valence-electron chi connectivity index (χ3n) is 5.70. The van der Waals surface area contributed by atoms with E-state index in [-0.39, 0.29) is 11.9 Å². The Bertz CT molecular complexity index is 802. The standard InChI is InChI=1S/C22H31N3O3S/c1-16-12-19(27-3)20(28-4)13-18(16)14-24-7-9-25(10-8-24)15-22(26)23-17(2)21-6-5-11-29-21/h5-6,11-13,17H,7-10,14-15H2,1-4H3,(H,23,26)/p+2/t17-/m0/s1. The lowest BCUT2D eigenvalue weighted by Gasteiger charge is -2.30. The molecule has 29 heavy (non-hydrogen) atoms. The molecule has 1 aromatic carbocycles. The molecule has 0 spiro atoms. The van der Waals surface area contributed by atoms with Crippen molar-refractivity contribution in [2.75, 3.05) is 46.9 Å². The number of rotatable bonds is 8. The number of thiophene rings is 1. The van der Waals surface area contributed by atoms with Crippen LogP contribution in [0.5, 0.6) is 11.5 Å². The SMILES string of the molecule is COc1cc(C)c(C[NH+]2CC[NH+](CC(=O)N[C@@H](C)c3cccs3)CC2)cc1OC. The largest absolute Gasteiger partial charge is 0.493 e. The molecule has 0 bridgehead atoms. The summed E-state index contributed by atoms with van der Waals surface area (Å²) in [6.07, 6.45) is 0. The highest BCUT2D eigenvalue weighted by atomic mass is 32.1. The second-order valence-corrected chi connectivity index (χ2v) is 8.77. The number of quaternary nitrogens is 2. The predicted molar refractivity (Wildman–Crippen MR) is 115 cm³/mol. The first-order valence-corrected chi connectivity index (χ1v) is 11.1. The number of methoxy groups -OCH3 is 2. The van der Waals surface area contributed by atoms with Gasteiger partial charge in [0.05, 0.1) is 20.3 Å². The van der Waals surface area contributed by atoms with Gasteiger partial charge in [0, 0.05) is 10.4 Å². The van der Waals surface area contributed by atoms with Gasteiger partial charge in [0.15, 0.2) is 18.0 Å². The van der Waals surface area contributed by atoms with E-state index in [2.05, 4.69) is 24.4 Å². The monoisotopic (exact) mass is 419 g/mol. The number of ether oxygens (including phenoxy) is 2. The van der Waals surface area contributed by atoms with E-state index in [9.17, 15) is 4.79 Å². The minimum absolute atomic E-state index is 0.0850. The number of benzene rings is 1. The summed E-state index contributed by atoms with van der Waals surface area (Å²) in [5.74, 6) is 1.70. The van der Waals surface area contributed by atoms with E-state index >= 15 is 0 Å². The van der Waals surface area contributed by atoms with Gasteiger partial charge in [0.2, 0.25) is 0 Å². The van der Waals surface area contributed by atoms with Crippen LogP contribution in [-0.2, 0) is 11.3 Å². The normalized spacial score (nSPS) is 20.1. The molecular weight excluding hydrogens is 386 g/mol. The number of amides is 1. The van der Waals surface area contributed by atoms with Gasteiger partial charge in [-0.25, -0.2) is 0 Å². The zero-order chi connectivity index (χ0) is 20.8. The maximum Gasteiger partial charge on any atom is 0.275 e. The van der Waals surface area contributed by atoms with Crippen molar-refractivity contribution in [1.82, 2.24) is 5.32 Å². The fourth-order valence-electron chi connectivity index (χ4n) is 3.92. The second-order valence-electron chi connectivity index (χ2n) is 7.79. The first-order chi connectivity index (χ1) is 14.0. The van der Waals surface area contributed by atoms with Crippen molar-refractivity contribution in [3.05, 3.63) is 45.6 Å². The van der Waals surface area contributed by atoms with Crippen molar-refractivity contribution in [3.8, 4) is 11.5 Å². The predicted octanol–water partition coefficient (Wildman–Crippen LogP) is 0.235. The van der Waals surface area contributed by atoms with Crippen molar-refractivity contribution in [2.24, 2.45) is 0 Å².